The molecule has 1 aromatic rings. The highest BCUT2D eigenvalue weighted by Crippen LogP contribution is 2.12. The van der Waals surface area contributed by atoms with Crippen molar-refractivity contribution in [2.24, 2.45) is 0 Å². The minimum atomic E-state index is -0.214. The topological polar surface area (TPSA) is 42.3 Å². The molecule has 0 aromatic carbocycles. The third kappa shape index (κ3) is 3.17. The normalized spacial score (nSPS) is 10.1. The SMILES string of the molecule is CN(C)C(=O)Cn1cc(Br)cc(Br)c1=O. The van der Waals surface area contributed by atoms with Gasteiger partial charge in [0.25, 0.3) is 5.56 Å². The first-order valence-corrected chi connectivity index (χ1v) is 5.76. The van der Waals surface area contributed by atoms with Crippen LogP contribution in [0.5, 0.6) is 0 Å². The maximum absolute atomic E-state index is 11.6. The molecule has 1 heterocycles. The van der Waals surface area contributed by atoms with Crippen molar-refractivity contribution < 1.29 is 4.79 Å². The van der Waals surface area contributed by atoms with E-state index in [0.29, 0.717) is 4.47 Å². The smallest absolute Gasteiger partial charge is 0.265 e. The predicted octanol–water partition coefficient (Wildman–Crippen LogP) is 1.46. The molecule has 0 bridgehead atoms. The van der Waals surface area contributed by atoms with Crippen LogP contribution in [0.4, 0.5) is 0 Å². The molecule has 82 valence electrons. The molecule has 1 rings (SSSR count). The fourth-order valence-electron chi connectivity index (χ4n) is 0.969. The van der Waals surface area contributed by atoms with Crippen LogP contribution < -0.4 is 5.56 Å². The summed E-state index contributed by atoms with van der Waals surface area (Å²) < 4.78 is 2.54. The molecule has 0 N–H and O–H groups in total. The Bertz CT molecular complexity index is 440. The molecular formula is C9H10Br2N2O2. The van der Waals surface area contributed by atoms with Crippen molar-refractivity contribution >= 4 is 37.8 Å². The summed E-state index contributed by atoms with van der Waals surface area (Å²) in [6.45, 7) is 0.0455. The molecule has 0 saturated carbocycles. The van der Waals surface area contributed by atoms with E-state index in [0.717, 1.165) is 4.47 Å². The molecule has 0 atom stereocenters. The maximum atomic E-state index is 11.6. The Labute approximate surface area is 104 Å². The van der Waals surface area contributed by atoms with E-state index >= 15 is 0 Å². The number of hydrogen-bond donors (Lipinski definition) is 0. The lowest BCUT2D eigenvalue weighted by molar-refractivity contribution is -0.129. The summed E-state index contributed by atoms with van der Waals surface area (Å²) in [5, 5.41) is 0. The Morgan fingerprint density at radius 2 is 2.07 bits per heavy atom. The molecule has 0 unspecified atom stereocenters. The van der Waals surface area contributed by atoms with Crippen molar-refractivity contribution in [1.82, 2.24) is 9.47 Å². The van der Waals surface area contributed by atoms with Gasteiger partial charge < -0.3 is 9.47 Å². The summed E-state index contributed by atoms with van der Waals surface area (Å²) in [5.41, 5.74) is -0.214. The fraction of sp³-hybridized carbons (Fsp3) is 0.333. The molecule has 0 radical (unpaired) electrons. The summed E-state index contributed by atoms with van der Waals surface area (Å²) >= 11 is 6.40. The van der Waals surface area contributed by atoms with Gasteiger partial charge in [0.2, 0.25) is 5.91 Å². The number of rotatable bonds is 2. The molecule has 0 fully saturated rings. The number of carbonyl (C=O) groups excluding carboxylic acids is 1. The van der Waals surface area contributed by atoms with Gasteiger partial charge in [0, 0.05) is 24.8 Å². The van der Waals surface area contributed by atoms with Crippen LogP contribution in [-0.2, 0) is 11.3 Å². The molecule has 6 heteroatoms. The molecule has 0 spiro atoms. The van der Waals surface area contributed by atoms with E-state index < -0.39 is 0 Å². The average Bonchev–Trinajstić information content (AvgIpc) is 2.13. The van der Waals surface area contributed by atoms with Crippen LogP contribution in [0.1, 0.15) is 0 Å². The number of nitrogens with zero attached hydrogens (tertiary/aromatic N) is 2. The second-order valence-corrected chi connectivity index (χ2v) is 5.00. The predicted molar refractivity (Wildman–Crippen MR) is 64.8 cm³/mol. The molecule has 1 amide bonds. The molecule has 4 nitrogen and oxygen atoms in total. The highest BCUT2D eigenvalue weighted by atomic mass is 79.9. The average molecular weight is 338 g/mol. The van der Waals surface area contributed by atoms with Gasteiger partial charge in [-0.3, -0.25) is 9.59 Å². The van der Waals surface area contributed by atoms with Crippen LogP contribution in [0.3, 0.4) is 0 Å². The number of aromatic nitrogens is 1. The quantitative estimate of drug-likeness (QED) is 0.820. The molecule has 0 aliphatic heterocycles. The van der Waals surface area contributed by atoms with E-state index in [2.05, 4.69) is 31.9 Å². The Morgan fingerprint density at radius 1 is 1.47 bits per heavy atom. The van der Waals surface area contributed by atoms with Gasteiger partial charge in [0.15, 0.2) is 0 Å². The second-order valence-electron chi connectivity index (χ2n) is 3.23. The summed E-state index contributed by atoms with van der Waals surface area (Å²) in [6.07, 6.45) is 1.59. The Hall–Kier alpha value is -0.620. The van der Waals surface area contributed by atoms with E-state index in [1.54, 1.807) is 26.4 Å². The highest BCUT2D eigenvalue weighted by Gasteiger charge is 2.08. The number of hydrogen-bond acceptors (Lipinski definition) is 2. The molecular weight excluding hydrogens is 328 g/mol. The molecule has 0 aliphatic carbocycles. The van der Waals surface area contributed by atoms with Crippen LogP contribution in [0.2, 0.25) is 0 Å². The Morgan fingerprint density at radius 3 is 2.60 bits per heavy atom. The van der Waals surface area contributed by atoms with E-state index in [4.69, 9.17) is 0 Å². The molecule has 0 saturated heterocycles. The Balaban J connectivity index is 3.05. The largest absolute Gasteiger partial charge is 0.347 e. The monoisotopic (exact) mass is 336 g/mol. The van der Waals surface area contributed by atoms with Gasteiger partial charge in [0.05, 0.1) is 4.47 Å². The highest BCUT2D eigenvalue weighted by molar-refractivity contribution is 9.11. The van der Waals surface area contributed by atoms with Gasteiger partial charge in [-0.15, -0.1) is 0 Å². The zero-order chi connectivity index (χ0) is 11.6. The van der Waals surface area contributed by atoms with Crippen LogP contribution in [0, 0.1) is 0 Å². The standard InChI is InChI=1S/C9H10Br2N2O2/c1-12(2)8(14)5-13-4-6(10)3-7(11)9(13)15/h3-4H,5H2,1-2H3. The number of halogens is 2. The zero-order valence-corrected chi connectivity index (χ0v) is 11.5. The molecule has 1 aromatic heterocycles. The van der Waals surface area contributed by atoms with Crippen molar-refractivity contribution in [1.29, 1.82) is 0 Å². The van der Waals surface area contributed by atoms with E-state index in [1.807, 2.05) is 0 Å². The van der Waals surface area contributed by atoms with E-state index in [9.17, 15) is 9.59 Å². The van der Waals surface area contributed by atoms with Crippen molar-refractivity contribution in [2.45, 2.75) is 6.54 Å². The summed E-state index contributed by atoms with van der Waals surface area (Å²) in [4.78, 5) is 24.5. The van der Waals surface area contributed by atoms with E-state index in [1.165, 1.54) is 9.47 Å². The van der Waals surface area contributed by atoms with Gasteiger partial charge in [-0.1, -0.05) is 0 Å². The fourth-order valence-corrected chi connectivity index (χ4v) is 2.23. The van der Waals surface area contributed by atoms with Crippen molar-refractivity contribution in [3.63, 3.8) is 0 Å². The van der Waals surface area contributed by atoms with Crippen LogP contribution in [0.25, 0.3) is 0 Å². The lowest BCUT2D eigenvalue weighted by Crippen LogP contribution is -2.31. The summed E-state index contributed by atoms with van der Waals surface area (Å²) in [6, 6.07) is 1.65. The zero-order valence-electron chi connectivity index (χ0n) is 8.33. The number of carbonyl (C=O) groups is 1. The lowest BCUT2D eigenvalue weighted by Gasteiger charge is -2.12. The summed E-state index contributed by atoms with van der Waals surface area (Å²) in [7, 11) is 3.31. The Kier molecular flexibility index (Phi) is 4.10. The van der Waals surface area contributed by atoms with Crippen molar-refractivity contribution in [3.05, 3.63) is 31.6 Å². The van der Waals surface area contributed by atoms with Gasteiger partial charge in [-0.2, -0.15) is 0 Å². The first kappa shape index (κ1) is 12.4. The van der Waals surface area contributed by atoms with Crippen LogP contribution in [0.15, 0.2) is 26.0 Å². The van der Waals surface area contributed by atoms with Gasteiger partial charge >= 0.3 is 0 Å². The summed E-state index contributed by atoms with van der Waals surface area (Å²) in [5.74, 6) is -0.123. The molecule has 0 aliphatic rings. The van der Waals surface area contributed by atoms with Crippen LogP contribution >= 0.6 is 31.9 Å². The minimum Gasteiger partial charge on any atom is -0.347 e. The first-order chi connectivity index (χ1) is 6.91. The lowest BCUT2D eigenvalue weighted by atomic mass is 10.4. The van der Waals surface area contributed by atoms with Crippen molar-refractivity contribution in [2.75, 3.05) is 14.1 Å². The number of likely N-dealkylation sites (N-methyl/N-ethyl adjacent to an activating group) is 1. The number of pyridine rings is 1. The number of amides is 1. The van der Waals surface area contributed by atoms with Crippen LogP contribution in [-0.4, -0.2) is 29.5 Å². The second kappa shape index (κ2) is 4.94. The van der Waals surface area contributed by atoms with Crippen molar-refractivity contribution in [3.8, 4) is 0 Å². The third-order valence-corrected chi connectivity index (χ3v) is 2.82. The minimum absolute atomic E-state index is 0.0455. The third-order valence-electron chi connectivity index (χ3n) is 1.81. The van der Waals surface area contributed by atoms with Gasteiger partial charge in [0.1, 0.15) is 6.54 Å². The first-order valence-electron chi connectivity index (χ1n) is 4.17. The van der Waals surface area contributed by atoms with E-state index in [-0.39, 0.29) is 18.0 Å². The maximum Gasteiger partial charge on any atom is 0.265 e. The molecule has 15 heavy (non-hydrogen) atoms. The van der Waals surface area contributed by atoms with Gasteiger partial charge in [-0.25, -0.2) is 0 Å². The van der Waals surface area contributed by atoms with Gasteiger partial charge in [-0.05, 0) is 37.9 Å².